The normalized spacial score (nSPS) is 15.6. The van der Waals surface area contributed by atoms with Crippen LogP contribution in [0.4, 0.5) is 0 Å². The van der Waals surface area contributed by atoms with Crippen LogP contribution >= 0.6 is 0 Å². The van der Waals surface area contributed by atoms with Crippen molar-refractivity contribution in [3.63, 3.8) is 0 Å². The first-order valence-corrected chi connectivity index (χ1v) is 8.02. The van der Waals surface area contributed by atoms with Gasteiger partial charge in [0.25, 0.3) is 0 Å². The summed E-state index contributed by atoms with van der Waals surface area (Å²) in [5.74, 6) is -3.44. The van der Waals surface area contributed by atoms with Gasteiger partial charge in [-0.15, -0.1) is 0 Å². The molecule has 0 aliphatic carbocycles. The Balaban J connectivity index is 5.25. The van der Waals surface area contributed by atoms with Crippen LogP contribution in [-0.4, -0.2) is 37.2 Å². The van der Waals surface area contributed by atoms with Crippen molar-refractivity contribution < 1.29 is 19.1 Å². The molecule has 4 unspecified atom stereocenters. The van der Waals surface area contributed by atoms with E-state index in [4.69, 9.17) is 9.47 Å². The minimum Gasteiger partial charge on any atom is -0.465 e. The maximum Gasteiger partial charge on any atom is 0.325 e. The zero-order chi connectivity index (χ0) is 18.5. The Bertz CT molecular complexity index is 475. The lowest BCUT2D eigenvalue weighted by Gasteiger charge is -2.17. The number of carbonyl (C=O) groups is 2. The van der Waals surface area contributed by atoms with E-state index in [2.05, 4.69) is 10.2 Å². The third kappa shape index (κ3) is 6.33. The van der Waals surface area contributed by atoms with Crippen molar-refractivity contribution in [3.05, 3.63) is 0 Å². The first-order valence-electron chi connectivity index (χ1n) is 8.02. The molecule has 0 amide bonds. The van der Waals surface area contributed by atoms with Gasteiger partial charge in [0.2, 0.25) is 0 Å². The smallest absolute Gasteiger partial charge is 0.325 e. The quantitative estimate of drug-likeness (QED) is 0.445. The molecule has 0 aromatic heterocycles. The fraction of sp³-hybridized carbons (Fsp3) is 0.750. The summed E-state index contributed by atoms with van der Waals surface area (Å²) in [6.45, 7) is 7.17. The van der Waals surface area contributed by atoms with Gasteiger partial charge >= 0.3 is 11.9 Å². The van der Waals surface area contributed by atoms with Gasteiger partial charge in [-0.1, -0.05) is 13.8 Å². The van der Waals surface area contributed by atoms with E-state index in [1.54, 1.807) is 27.7 Å². The molecule has 0 saturated heterocycles. The highest BCUT2D eigenvalue weighted by atomic mass is 16.5. The molecule has 8 heteroatoms. The molecule has 0 aliphatic heterocycles. The van der Waals surface area contributed by atoms with Crippen molar-refractivity contribution >= 4 is 11.9 Å². The van der Waals surface area contributed by atoms with Crippen molar-refractivity contribution in [2.45, 2.75) is 52.6 Å². The highest BCUT2D eigenvalue weighted by Crippen LogP contribution is 2.18. The van der Waals surface area contributed by atoms with Crippen molar-refractivity contribution in [2.75, 3.05) is 13.2 Å². The summed E-state index contributed by atoms with van der Waals surface area (Å²) < 4.78 is 9.72. The van der Waals surface area contributed by atoms with Gasteiger partial charge in [0, 0.05) is 0 Å². The second-order valence-electron chi connectivity index (χ2n) is 4.90. The minimum atomic E-state index is -1.07. The van der Waals surface area contributed by atoms with Crippen LogP contribution in [0, 0.1) is 34.5 Å². The molecule has 4 atom stereocenters. The fourth-order valence-corrected chi connectivity index (χ4v) is 2.00. The lowest BCUT2D eigenvalue weighted by atomic mass is 9.99. The number of ether oxygens (including phenoxy) is 2. The van der Waals surface area contributed by atoms with Gasteiger partial charge in [0.1, 0.15) is 0 Å². The van der Waals surface area contributed by atoms with Gasteiger partial charge in [0.05, 0.1) is 37.4 Å². The minimum absolute atomic E-state index is 0.168. The van der Waals surface area contributed by atoms with Crippen molar-refractivity contribution in [1.29, 1.82) is 10.5 Å². The van der Waals surface area contributed by atoms with E-state index < -0.39 is 35.9 Å². The largest absolute Gasteiger partial charge is 0.465 e. The van der Waals surface area contributed by atoms with Crippen molar-refractivity contribution in [3.8, 4) is 12.1 Å². The predicted molar refractivity (Wildman–Crippen MR) is 84.5 cm³/mol. The van der Waals surface area contributed by atoms with E-state index in [0.29, 0.717) is 12.8 Å². The van der Waals surface area contributed by atoms with Gasteiger partial charge in [-0.05, 0) is 26.7 Å². The molecule has 0 aromatic carbocycles. The first kappa shape index (κ1) is 21.5. The number of rotatable bonds is 10. The van der Waals surface area contributed by atoms with Crippen LogP contribution in [-0.2, 0) is 19.1 Å². The maximum absolute atomic E-state index is 11.8. The molecule has 0 aromatic rings. The Kier molecular flexibility index (Phi) is 10.8. The molecule has 0 rings (SSSR count). The van der Waals surface area contributed by atoms with E-state index in [1.165, 1.54) is 0 Å². The number of nitriles is 2. The molecule has 0 radical (unpaired) electrons. The SMILES string of the molecule is CCOC(=O)C(C#N)C(CC)N=NC(CC)C(C#N)C(=O)OCC. The summed E-state index contributed by atoms with van der Waals surface area (Å²) in [4.78, 5) is 23.6. The molecule has 0 aliphatic rings. The summed E-state index contributed by atoms with van der Waals surface area (Å²) >= 11 is 0. The van der Waals surface area contributed by atoms with Gasteiger partial charge < -0.3 is 9.47 Å². The Morgan fingerprint density at radius 3 is 1.38 bits per heavy atom. The van der Waals surface area contributed by atoms with E-state index in [0.717, 1.165) is 0 Å². The molecular weight excluding hydrogens is 312 g/mol. The molecule has 0 fully saturated rings. The Labute approximate surface area is 142 Å². The fourth-order valence-electron chi connectivity index (χ4n) is 2.00. The van der Waals surface area contributed by atoms with E-state index >= 15 is 0 Å². The third-order valence-corrected chi connectivity index (χ3v) is 3.33. The Hall–Kier alpha value is -2.48. The van der Waals surface area contributed by atoms with Crippen LogP contribution < -0.4 is 0 Å². The van der Waals surface area contributed by atoms with E-state index in [1.807, 2.05) is 12.1 Å². The number of carbonyl (C=O) groups excluding carboxylic acids is 2. The van der Waals surface area contributed by atoms with Crippen molar-refractivity contribution in [2.24, 2.45) is 22.1 Å². The number of esters is 2. The summed E-state index contributed by atoms with van der Waals surface area (Å²) in [5, 5.41) is 26.4. The van der Waals surface area contributed by atoms with Crippen LogP contribution in [0.15, 0.2) is 10.2 Å². The number of nitrogens with zero attached hydrogens (tertiary/aromatic N) is 4. The predicted octanol–water partition coefficient (Wildman–Crippen LogP) is 2.40. The zero-order valence-electron chi connectivity index (χ0n) is 14.6. The maximum atomic E-state index is 11.8. The highest BCUT2D eigenvalue weighted by Gasteiger charge is 2.31. The standard InChI is InChI=1S/C16H24N4O4/c1-5-13(11(9-17)15(21)23-7-3)19-20-14(6-2)12(10-18)16(22)24-8-4/h11-14H,5-8H2,1-4H3. The zero-order valence-corrected chi connectivity index (χ0v) is 14.6. The number of azo groups is 1. The van der Waals surface area contributed by atoms with Crippen LogP contribution in [0.5, 0.6) is 0 Å². The molecule has 8 nitrogen and oxygen atoms in total. The van der Waals surface area contributed by atoms with Crippen LogP contribution in [0.2, 0.25) is 0 Å². The second kappa shape index (κ2) is 12.0. The second-order valence-corrected chi connectivity index (χ2v) is 4.90. The van der Waals surface area contributed by atoms with Gasteiger partial charge in [-0.25, -0.2) is 0 Å². The van der Waals surface area contributed by atoms with E-state index in [-0.39, 0.29) is 13.2 Å². The van der Waals surface area contributed by atoms with Gasteiger partial charge in [0.15, 0.2) is 11.8 Å². The van der Waals surface area contributed by atoms with Crippen molar-refractivity contribution in [1.82, 2.24) is 0 Å². The summed E-state index contributed by atoms with van der Waals surface area (Å²) in [7, 11) is 0. The molecule has 0 N–H and O–H groups in total. The molecule has 0 saturated carbocycles. The lowest BCUT2D eigenvalue weighted by Crippen LogP contribution is -2.29. The van der Waals surface area contributed by atoms with Crippen LogP contribution in [0.25, 0.3) is 0 Å². The Morgan fingerprint density at radius 1 is 0.833 bits per heavy atom. The highest BCUT2D eigenvalue weighted by molar-refractivity contribution is 5.76. The summed E-state index contributed by atoms with van der Waals surface area (Å²) in [6, 6.07) is 2.38. The molecule has 0 bridgehead atoms. The average molecular weight is 336 g/mol. The first-order chi connectivity index (χ1) is 11.5. The molecule has 0 spiro atoms. The summed E-state index contributed by atoms with van der Waals surface area (Å²) in [5.41, 5.74) is 0. The number of hydrogen-bond donors (Lipinski definition) is 0. The molecular formula is C16H24N4O4. The van der Waals surface area contributed by atoms with Gasteiger partial charge in [-0.3, -0.25) is 9.59 Å². The Morgan fingerprint density at radius 2 is 1.17 bits per heavy atom. The monoisotopic (exact) mass is 336 g/mol. The topological polar surface area (TPSA) is 125 Å². The average Bonchev–Trinajstić information content (AvgIpc) is 2.57. The molecule has 132 valence electrons. The third-order valence-electron chi connectivity index (χ3n) is 3.33. The lowest BCUT2D eigenvalue weighted by molar-refractivity contribution is -0.147. The molecule has 0 heterocycles. The van der Waals surface area contributed by atoms with Crippen LogP contribution in [0.1, 0.15) is 40.5 Å². The molecule has 24 heavy (non-hydrogen) atoms. The van der Waals surface area contributed by atoms with Gasteiger partial charge in [-0.2, -0.15) is 20.8 Å². The van der Waals surface area contributed by atoms with E-state index in [9.17, 15) is 20.1 Å². The number of hydrogen-bond acceptors (Lipinski definition) is 8. The summed E-state index contributed by atoms with van der Waals surface area (Å²) in [6.07, 6.45) is 0.793. The van der Waals surface area contributed by atoms with Crippen LogP contribution in [0.3, 0.4) is 0 Å².